The van der Waals surface area contributed by atoms with Gasteiger partial charge in [-0.15, -0.1) is 22.7 Å². The van der Waals surface area contributed by atoms with Crippen LogP contribution in [0.25, 0.3) is 31.8 Å². The van der Waals surface area contributed by atoms with Crippen molar-refractivity contribution < 1.29 is 9.21 Å². The van der Waals surface area contributed by atoms with Crippen LogP contribution in [-0.2, 0) is 12.8 Å². The molecule has 2 aromatic carbocycles. The van der Waals surface area contributed by atoms with Crippen LogP contribution in [-0.4, -0.2) is 10.9 Å². The molecule has 1 aliphatic carbocycles. The summed E-state index contributed by atoms with van der Waals surface area (Å²) in [6.07, 6.45) is 3.25. The Labute approximate surface area is 187 Å². The van der Waals surface area contributed by atoms with E-state index in [1.54, 1.807) is 28.7 Å². The van der Waals surface area contributed by atoms with E-state index < -0.39 is 0 Å². The fourth-order valence-electron chi connectivity index (χ4n) is 4.30. The van der Waals surface area contributed by atoms with Crippen molar-refractivity contribution in [2.24, 2.45) is 5.92 Å². The minimum Gasteiger partial charge on any atom is -0.451 e. The number of anilines is 1. The summed E-state index contributed by atoms with van der Waals surface area (Å²) in [6, 6.07) is 17.7. The highest BCUT2D eigenvalue weighted by molar-refractivity contribution is 7.23. The zero-order valence-corrected chi connectivity index (χ0v) is 18.6. The summed E-state index contributed by atoms with van der Waals surface area (Å²) in [5.41, 5.74) is 4.17. The van der Waals surface area contributed by atoms with Crippen LogP contribution in [0.5, 0.6) is 0 Å². The van der Waals surface area contributed by atoms with E-state index in [4.69, 9.17) is 9.40 Å². The van der Waals surface area contributed by atoms with E-state index in [0.717, 1.165) is 49.6 Å². The van der Waals surface area contributed by atoms with Crippen molar-refractivity contribution >= 4 is 54.8 Å². The molecule has 6 heteroatoms. The Morgan fingerprint density at radius 1 is 1.13 bits per heavy atom. The highest BCUT2D eigenvalue weighted by atomic mass is 32.1. The zero-order valence-electron chi connectivity index (χ0n) is 17.0. The predicted octanol–water partition coefficient (Wildman–Crippen LogP) is 7.15. The largest absolute Gasteiger partial charge is 0.451 e. The average molecular weight is 445 g/mol. The van der Waals surface area contributed by atoms with Crippen molar-refractivity contribution in [1.82, 2.24) is 4.98 Å². The third-order valence-electron chi connectivity index (χ3n) is 5.90. The smallest absolute Gasteiger partial charge is 0.292 e. The molecule has 1 N–H and O–H groups in total. The first-order valence-electron chi connectivity index (χ1n) is 10.5. The number of carbonyl (C=O) groups excluding carboxylic acids is 1. The van der Waals surface area contributed by atoms with Crippen LogP contribution in [0.15, 0.2) is 59.0 Å². The highest BCUT2D eigenvalue weighted by Crippen LogP contribution is 2.47. The SMILES string of the molecule is CC1CCc2c(sc(NC(=O)c3cc4ccccc4o3)c2-c2nc3ccccc3s2)C1. The lowest BCUT2D eigenvalue weighted by atomic mass is 9.88. The van der Waals surface area contributed by atoms with Crippen LogP contribution >= 0.6 is 22.7 Å². The van der Waals surface area contributed by atoms with Crippen molar-refractivity contribution in [2.75, 3.05) is 5.32 Å². The minimum absolute atomic E-state index is 0.217. The van der Waals surface area contributed by atoms with Gasteiger partial charge >= 0.3 is 0 Å². The summed E-state index contributed by atoms with van der Waals surface area (Å²) in [7, 11) is 0. The quantitative estimate of drug-likeness (QED) is 0.321. The van der Waals surface area contributed by atoms with Gasteiger partial charge in [-0.25, -0.2) is 4.98 Å². The molecule has 0 saturated carbocycles. The molecule has 1 unspecified atom stereocenters. The second-order valence-electron chi connectivity index (χ2n) is 8.15. The van der Waals surface area contributed by atoms with Gasteiger partial charge in [-0.05, 0) is 55.0 Å². The number of aromatic nitrogens is 1. The summed E-state index contributed by atoms with van der Waals surface area (Å²) in [5, 5.41) is 5.94. The summed E-state index contributed by atoms with van der Waals surface area (Å²) >= 11 is 3.38. The fraction of sp³-hybridized carbons (Fsp3) is 0.200. The first-order chi connectivity index (χ1) is 15.2. The number of para-hydroxylation sites is 2. The Morgan fingerprint density at radius 2 is 1.97 bits per heavy atom. The topological polar surface area (TPSA) is 55.1 Å². The molecule has 31 heavy (non-hydrogen) atoms. The van der Waals surface area contributed by atoms with E-state index in [2.05, 4.69) is 18.3 Å². The Kier molecular flexibility index (Phi) is 4.44. The number of carbonyl (C=O) groups is 1. The van der Waals surface area contributed by atoms with Crippen LogP contribution < -0.4 is 5.32 Å². The monoisotopic (exact) mass is 444 g/mol. The average Bonchev–Trinajstić information content (AvgIpc) is 3.47. The van der Waals surface area contributed by atoms with Gasteiger partial charge in [0.05, 0.1) is 10.2 Å². The maximum absolute atomic E-state index is 13.1. The molecule has 3 heterocycles. The number of nitrogens with zero attached hydrogens (tertiary/aromatic N) is 1. The summed E-state index contributed by atoms with van der Waals surface area (Å²) in [5.74, 6) is 0.773. The second kappa shape index (κ2) is 7.32. The van der Waals surface area contributed by atoms with Gasteiger partial charge in [-0.2, -0.15) is 0 Å². The number of nitrogens with one attached hydrogen (secondary N) is 1. The van der Waals surface area contributed by atoms with E-state index in [1.807, 2.05) is 42.5 Å². The lowest BCUT2D eigenvalue weighted by Gasteiger charge is -2.18. The number of hydrogen-bond acceptors (Lipinski definition) is 5. The van der Waals surface area contributed by atoms with Crippen molar-refractivity contribution in [1.29, 1.82) is 0 Å². The number of furan rings is 1. The molecule has 0 radical (unpaired) electrons. The first-order valence-corrected chi connectivity index (χ1v) is 12.1. The highest BCUT2D eigenvalue weighted by Gasteiger charge is 2.28. The maximum Gasteiger partial charge on any atom is 0.292 e. The number of benzene rings is 2. The fourth-order valence-corrected chi connectivity index (χ4v) is 6.82. The normalized spacial score (nSPS) is 16.0. The van der Waals surface area contributed by atoms with Crippen LogP contribution in [0.4, 0.5) is 5.00 Å². The molecule has 1 aliphatic rings. The lowest BCUT2D eigenvalue weighted by Crippen LogP contribution is -2.11. The molecule has 0 saturated heterocycles. The number of hydrogen-bond donors (Lipinski definition) is 1. The first kappa shape index (κ1) is 18.8. The van der Waals surface area contributed by atoms with E-state index in [1.165, 1.54) is 16.9 Å². The second-order valence-corrected chi connectivity index (χ2v) is 10.3. The summed E-state index contributed by atoms with van der Waals surface area (Å²) in [6.45, 7) is 2.30. The molecule has 6 rings (SSSR count). The molecule has 0 aliphatic heterocycles. The molecule has 0 bridgehead atoms. The van der Waals surface area contributed by atoms with E-state index in [-0.39, 0.29) is 5.91 Å². The minimum atomic E-state index is -0.217. The van der Waals surface area contributed by atoms with Gasteiger partial charge in [-0.1, -0.05) is 37.3 Å². The molecule has 4 nitrogen and oxygen atoms in total. The number of thiophene rings is 1. The molecule has 0 fully saturated rings. The van der Waals surface area contributed by atoms with Gasteiger partial charge in [0, 0.05) is 15.8 Å². The van der Waals surface area contributed by atoms with E-state index in [9.17, 15) is 4.79 Å². The lowest BCUT2D eigenvalue weighted by molar-refractivity contribution is 0.0999. The maximum atomic E-state index is 13.1. The Morgan fingerprint density at radius 3 is 2.84 bits per heavy atom. The van der Waals surface area contributed by atoms with Crippen molar-refractivity contribution in [3.63, 3.8) is 0 Å². The van der Waals surface area contributed by atoms with Gasteiger partial charge < -0.3 is 9.73 Å². The molecular weight excluding hydrogens is 424 g/mol. The number of fused-ring (bicyclic) bond motifs is 3. The van der Waals surface area contributed by atoms with Crippen molar-refractivity contribution in [3.05, 3.63) is 70.8 Å². The molecular formula is C25H20N2O2S2. The standard InChI is InChI=1S/C25H20N2O2S2/c1-14-10-11-16-21(12-14)31-25(22(16)24-26-17-7-3-5-9-20(17)30-24)27-23(28)19-13-15-6-2-4-8-18(15)29-19/h2-9,13-14H,10-12H2,1H3,(H,27,28). The van der Waals surface area contributed by atoms with Gasteiger partial charge in [0.2, 0.25) is 0 Å². The molecule has 1 atom stereocenters. The van der Waals surface area contributed by atoms with Gasteiger partial charge in [0.25, 0.3) is 5.91 Å². The third-order valence-corrected chi connectivity index (χ3v) is 8.12. The van der Waals surface area contributed by atoms with Crippen LogP contribution in [0.2, 0.25) is 0 Å². The number of amides is 1. The van der Waals surface area contributed by atoms with Crippen molar-refractivity contribution in [3.8, 4) is 10.6 Å². The van der Waals surface area contributed by atoms with Gasteiger partial charge in [0.15, 0.2) is 5.76 Å². The summed E-state index contributed by atoms with van der Waals surface area (Å²) < 4.78 is 6.96. The summed E-state index contributed by atoms with van der Waals surface area (Å²) in [4.78, 5) is 19.4. The number of rotatable bonds is 3. The Hall–Kier alpha value is -2.96. The van der Waals surface area contributed by atoms with E-state index >= 15 is 0 Å². The molecule has 3 aromatic heterocycles. The van der Waals surface area contributed by atoms with Crippen molar-refractivity contribution in [2.45, 2.75) is 26.2 Å². The third kappa shape index (κ3) is 3.27. The van der Waals surface area contributed by atoms with Gasteiger partial charge in [0.1, 0.15) is 15.6 Å². The molecule has 0 spiro atoms. The predicted molar refractivity (Wildman–Crippen MR) is 128 cm³/mol. The molecule has 154 valence electrons. The Bertz CT molecular complexity index is 1380. The van der Waals surface area contributed by atoms with Crippen LogP contribution in [0, 0.1) is 5.92 Å². The van der Waals surface area contributed by atoms with E-state index in [0.29, 0.717) is 11.7 Å². The Balaban J connectivity index is 1.44. The number of thiazole rings is 1. The molecule has 1 amide bonds. The zero-order chi connectivity index (χ0) is 20.9. The van der Waals surface area contributed by atoms with Crippen LogP contribution in [0.1, 0.15) is 34.3 Å². The molecule has 5 aromatic rings. The van der Waals surface area contributed by atoms with Gasteiger partial charge in [-0.3, -0.25) is 4.79 Å². The van der Waals surface area contributed by atoms with Crippen LogP contribution in [0.3, 0.4) is 0 Å².